The zero-order chi connectivity index (χ0) is 13.6. The molecule has 1 N–H and O–H groups in total. The molecule has 0 unspecified atom stereocenters. The van der Waals surface area contributed by atoms with Gasteiger partial charge < -0.3 is 5.32 Å². The lowest BCUT2D eigenvalue weighted by atomic mass is 10.2. The Hall–Kier alpha value is -1.57. The number of nitrogens with one attached hydrogen (secondary N) is 1. The Morgan fingerprint density at radius 3 is 2.28 bits per heavy atom. The van der Waals surface area contributed by atoms with E-state index in [1.54, 1.807) is 12.2 Å². The van der Waals surface area contributed by atoms with Gasteiger partial charge in [0.05, 0.1) is 0 Å². The summed E-state index contributed by atoms with van der Waals surface area (Å²) in [5, 5.41) is 2.82. The molecule has 0 heterocycles. The molecule has 100 valence electrons. The van der Waals surface area contributed by atoms with Gasteiger partial charge in [0, 0.05) is 12.6 Å². The quantitative estimate of drug-likeness (QED) is 0.513. The maximum Gasteiger partial charge on any atom is 0.243 e. The largest absolute Gasteiger partial charge is 0.352 e. The molecule has 2 heteroatoms. The van der Waals surface area contributed by atoms with E-state index in [1.165, 1.54) is 6.42 Å². The average molecular weight is 247 g/mol. The Kier molecular flexibility index (Phi) is 10.9. The minimum atomic E-state index is -0.0415. The molecular weight excluding hydrogens is 222 g/mol. The predicted molar refractivity (Wildman–Crippen MR) is 79.3 cm³/mol. The smallest absolute Gasteiger partial charge is 0.243 e. The molecule has 0 rings (SSSR count). The SMILES string of the molecule is CCC\C=C/C=C\C=C\C=C\C(=O)NCC(C)C. The number of carbonyl (C=O) groups excluding carboxylic acids is 1. The van der Waals surface area contributed by atoms with E-state index in [0.717, 1.165) is 13.0 Å². The third-order valence-corrected chi connectivity index (χ3v) is 2.08. The number of carbonyl (C=O) groups is 1. The fourth-order valence-electron chi connectivity index (χ4n) is 1.10. The van der Waals surface area contributed by atoms with Crippen LogP contribution in [0.3, 0.4) is 0 Å². The third-order valence-electron chi connectivity index (χ3n) is 2.08. The van der Waals surface area contributed by atoms with Crippen LogP contribution in [0.15, 0.2) is 48.6 Å². The Balaban J connectivity index is 3.77. The van der Waals surface area contributed by atoms with Crippen molar-refractivity contribution in [1.29, 1.82) is 0 Å². The molecule has 0 aromatic heterocycles. The lowest BCUT2D eigenvalue weighted by Gasteiger charge is -2.03. The Morgan fingerprint density at radius 1 is 1.06 bits per heavy atom. The highest BCUT2D eigenvalue weighted by Crippen LogP contribution is 1.90. The molecule has 0 aromatic carbocycles. The summed E-state index contributed by atoms with van der Waals surface area (Å²) >= 11 is 0. The molecule has 0 saturated carbocycles. The number of allylic oxidation sites excluding steroid dienone is 7. The topological polar surface area (TPSA) is 29.1 Å². The molecule has 0 bridgehead atoms. The number of hydrogen-bond acceptors (Lipinski definition) is 1. The molecule has 2 nitrogen and oxygen atoms in total. The molecule has 0 fully saturated rings. The third kappa shape index (κ3) is 12.5. The molecule has 0 aliphatic carbocycles. The first kappa shape index (κ1) is 16.4. The van der Waals surface area contributed by atoms with E-state index in [9.17, 15) is 4.79 Å². The maximum atomic E-state index is 11.3. The maximum absolute atomic E-state index is 11.3. The van der Waals surface area contributed by atoms with Crippen LogP contribution in [0.5, 0.6) is 0 Å². The molecule has 0 aliphatic heterocycles. The first-order chi connectivity index (χ1) is 8.66. The van der Waals surface area contributed by atoms with E-state index in [2.05, 4.69) is 32.2 Å². The van der Waals surface area contributed by atoms with Gasteiger partial charge in [-0.1, -0.05) is 69.7 Å². The van der Waals surface area contributed by atoms with Gasteiger partial charge in [-0.2, -0.15) is 0 Å². The van der Waals surface area contributed by atoms with Crippen LogP contribution in [0.4, 0.5) is 0 Å². The summed E-state index contributed by atoms with van der Waals surface area (Å²) in [6.45, 7) is 7.01. The van der Waals surface area contributed by atoms with E-state index in [0.29, 0.717) is 5.92 Å². The van der Waals surface area contributed by atoms with Crippen LogP contribution in [0.25, 0.3) is 0 Å². The van der Waals surface area contributed by atoms with Crippen molar-refractivity contribution in [3.05, 3.63) is 48.6 Å². The van der Waals surface area contributed by atoms with E-state index in [-0.39, 0.29) is 5.91 Å². The summed E-state index contributed by atoms with van der Waals surface area (Å²) in [5.41, 5.74) is 0. The number of unbranched alkanes of at least 4 members (excludes halogenated alkanes) is 1. The normalized spacial score (nSPS) is 12.7. The number of rotatable bonds is 8. The first-order valence-corrected chi connectivity index (χ1v) is 6.61. The molecule has 0 spiro atoms. The summed E-state index contributed by atoms with van der Waals surface area (Å²) in [7, 11) is 0. The molecule has 0 aromatic rings. The summed E-state index contributed by atoms with van der Waals surface area (Å²) in [6, 6.07) is 0. The van der Waals surface area contributed by atoms with Crippen molar-refractivity contribution in [2.75, 3.05) is 6.54 Å². The van der Waals surface area contributed by atoms with Gasteiger partial charge in [0.15, 0.2) is 0 Å². The Bertz CT molecular complexity index is 322. The average Bonchev–Trinajstić information content (AvgIpc) is 2.34. The predicted octanol–water partition coefficient (Wildman–Crippen LogP) is 3.78. The van der Waals surface area contributed by atoms with Crippen LogP contribution in [0, 0.1) is 5.92 Å². The van der Waals surface area contributed by atoms with Crippen LogP contribution in [-0.2, 0) is 4.79 Å². The van der Waals surface area contributed by atoms with E-state index >= 15 is 0 Å². The highest BCUT2D eigenvalue weighted by Gasteiger charge is 1.95. The molecule has 0 saturated heterocycles. The fourth-order valence-corrected chi connectivity index (χ4v) is 1.10. The summed E-state index contributed by atoms with van der Waals surface area (Å²) in [6.07, 6.45) is 17.4. The zero-order valence-electron chi connectivity index (χ0n) is 11.7. The van der Waals surface area contributed by atoms with E-state index in [4.69, 9.17) is 0 Å². The van der Waals surface area contributed by atoms with E-state index in [1.807, 2.05) is 30.4 Å². The van der Waals surface area contributed by atoms with Gasteiger partial charge in [-0.15, -0.1) is 0 Å². The van der Waals surface area contributed by atoms with Crippen LogP contribution < -0.4 is 5.32 Å². The summed E-state index contributed by atoms with van der Waals surface area (Å²) in [5.74, 6) is 0.441. The van der Waals surface area contributed by atoms with Gasteiger partial charge >= 0.3 is 0 Å². The van der Waals surface area contributed by atoms with Gasteiger partial charge in [-0.05, 0) is 12.3 Å². The highest BCUT2D eigenvalue weighted by molar-refractivity contribution is 5.87. The molecule has 1 amide bonds. The minimum Gasteiger partial charge on any atom is -0.352 e. The summed E-state index contributed by atoms with van der Waals surface area (Å²) < 4.78 is 0. The zero-order valence-corrected chi connectivity index (χ0v) is 11.7. The van der Waals surface area contributed by atoms with Crippen LogP contribution >= 0.6 is 0 Å². The molecule has 0 radical (unpaired) electrons. The van der Waals surface area contributed by atoms with Crippen molar-refractivity contribution in [1.82, 2.24) is 5.32 Å². The van der Waals surface area contributed by atoms with Crippen molar-refractivity contribution in [3.8, 4) is 0 Å². The monoisotopic (exact) mass is 247 g/mol. The number of hydrogen-bond donors (Lipinski definition) is 1. The lowest BCUT2D eigenvalue weighted by molar-refractivity contribution is -0.116. The first-order valence-electron chi connectivity index (χ1n) is 6.61. The summed E-state index contributed by atoms with van der Waals surface area (Å²) in [4.78, 5) is 11.3. The second-order valence-electron chi connectivity index (χ2n) is 4.48. The van der Waals surface area contributed by atoms with Gasteiger partial charge in [-0.25, -0.2) is 0 Å². The molecule has 0 atom stereocenters. The minimum absolute atomic E-state index is 0.0415. The molecule has 18 heavy (non-hydrogen) atoms. The lowest BCUT2D eigenvalue weighted by Crippen LogP contribution is -2.25. The van der Waals surface area contributed by atoms with E-state index < -0.39 is 0 Å². The second-order valence-corrected chi connectivity index (χ2v) is 4.48. The number of amides is 1. The highest BCUT2D eigenvalue weighted by atomic mass is 16.1. The van der Waals surface area contributed by atoms with Gasteiger partial charge in [0.25, 0.3) is 0 Å². The second kappa shape index (κ2) is 11.9. The fraction of sp³-hybridized carbons (Fsp3) is 0.438. The van der Waals surface area contributed by atoms with Crippen LogP contribution in [0.1, 0.15) is 33.6 Å². The standard InChI is InChI=1S/C16H25NO/c1-4-5-6-7-8-9-10-11-12-13-16(18)17-14-15(2)3/h6-13,15H,4-5,14H2,1-3H3,(H,17,18)/b7-6-,9-8-,11-10+,13-12+. The van der Waals surface area contributed by atoms with Crippen molar-refractivity contribution in [3.63, 3.8) is 0 Å². The van der Waals surface area contributed by atoms with Crippen molar-refractivity contribution < 1.29 is 4.79 Å². The van der Waals surface area contributed by atoms with Gasteiger partial charge in [0.2, 0.25) is 5.91 Å². The Labute approximate surface area is 111 Å². The molecule has 0 aliphatic rings. The van der Waals surface area contributed by atoms with Crippen LogP contribution in [0.2, 0.25) is 0 Å². The van der Waals surface area contributed by atoms with Crippen LogP contribution in [-0.4, -0.2) is 12.5 Å². The van der Waals surface area contributed by atoms with Gasteiger partial charge in [-0.3, -0.25) is 4.79 Å². The molecular formula is C16H25NO. The van der Waals surface area contributed by atoms with Gasteiger partial charge in [0.1, 0.15) is 0 Å². The van der Waals surface area contributed by atoms with Crippen molar-refractivity contribution in [2.45, 2.75) is 33.6 Å². The Morgan fingerprint density at radius 2 is 1.67 bits per heavy atom. The van der Waals surface area contributed by atoms with Crippen molar-refractivity contribution >= 4 is 5.91 Å². The van der Waals surface area contributed by atoms with Crippen molar-refractivity contribution in [2.24, 2.45) is 5.92 Å².